The summed E-state index contributed by atoms with van der Waals surface area (Å²) in [6.07, 6.45) is 0. The van der Waals surface area contributed by atoms with Crippen molar-refractivity contribution in [2.24, 2.45) is 0 Å². The van der Waals surface area contributed by atoms with E-state index in [0.717, 1.165) is 30.5 Å². The molecule has 1 aromatic rings. The molecule has 78 valence electrons. The molecule has 0 amide bonds. The topological polar surface area (TPSA) is 15.3 Å². The highest BCUT2D eigenvalue weighted by Gasteiger charge is 1.97. The van der Waals surface area contributed by atoms with Gasteiger partial charge < -0.3 is 5.32 Å². The average Bonchev–Trinajstić information content (AvgIpc) is 2.22. The number of halogens is 1. The third kappa shape index (κ3) is 3.56. The van der Waals surface area contributed by atoms with Gasteiger partial charge in [-0.1, -0.05) is 25.4 Å². The number of rotatable bonds is 5. The van der Waals surface area contributed by atoms with E-state index in [2.05, 4.69) is 24.1 Å². The predicted octanol–water partition coefficient (Wildman–Crippen LogP) is 3.05. The summed E-state index contributed by atoms with van der Waals surface area (Å²) >= 11 is 5.79. The van der Waals surface area contributed by atoms with Gasteiger partial charge in [0.15, 0.2) is 0 Å². The Bertz CT molecular complexity index is 254. The van der Waals surface area contributed by atoms with Gasteiger partial charge in [0.2, 0.25) is 0 Å². The second-order valence-corrected chi connectivity index (χ2v) is 3.58. The zero-order chi connectivity index (χ0) is 10.4. The standard InChI is InChI=1S/C11H17ClN2/c1-3-14(4-2)9-13-11-7-5-10(12)6-8-11/h5-8,13H,3-4,9H2,1-2H3. The Balaban J connectivity index is 2.41. The maximum atomic E-state index is 5.79. The quantitative estimate of drug-likeness (QED) is 0.755. The van der Waals surface area contributed by atoms with Crippen LogP contribution in [0.3, 0.4) is 0 Å². The van der Waals surface area contributed by atoms with Crippen molar-refractivity contribution in [3.05, 3.63) is 29.3 Å². The Morgan fingerprint density at radius 2 is 1.71 bits per heavy atom. The van der Waals surface area contributed by atoms with E-state index in [1.54, 1.807) is 0 Å². The molecule has 0 spiro atoms. The third-order valence-electron chi connectivity index (χ3n) is 2.25. The van der Waals surface area contributed by atoms with Gasteiger partial charge in [0.25, 0.3) is 0 Å². The highest BCUT2D eigenvalue weighted by atomic mass is 35.5. The van der Waals surface area contributed by atoms with Gasteiger partial charge in [-0.3, -0.25) is 4.90 Å². The van der Waals surface area contributed by atoms with Crippen LogP contribution >= 0.6 is 11.6 Å². The lowest BCUT2D eigenvalue weighted by atomic mass is 10.3. The number of hydrogen-bond donors (Lipinski definition) is 1. The van der Waals surface area contributed by atoms with Gasteiger partial charge in [-0.05, 0) is 37.4 Å². The Morgan fingerprint density at radius 3 is 2.21 bits per heavy atom. The van der Waals surface area contributed by atoms with Crippen molar-refractivity contribution in [1.82, 2.24) is 4.90 Å². The van der Waals surface area contributed by atoms with Gasteiger partial charge in [-0.15, -0.1) is 0 Å². The first-order valence-electron chi connectivity index (χ1n) is 4.98. The molecule has 0 unspecified atom stereocenters. The maximum absolute atomic E-state index is 5.79. The fraction of sp³-hybridized carbons (Fsp3) is 0.455. The highest BCUT2D eigenvalue weighted by molar-refractivity contribution is 6.30. The lowest BCUT2D eigenvalue weighted by molar-refractivity contribution is 0.326. The van der Waals surface area contributed by atoms with Crippen molar-refractivity contribution in [2.75, 3.05) is 25.1 Å². The maximum Gasteiger partial charge on any atom is 0.0678 e. The summed E-state index contributed by atoms with van der Waals surface area (Å²) in [5.41, 5.74) is 1.11. The van der Waals surface area contributed by atoms with E-state index in [9.17, 15) is 0 Å². The first-order valence-corrected chi connectivity index (χ1v) is 5.35. The largest absolute Gasteiger partial charge is 0.372 e. The molecular formula is C11H17ClN2. The Hall–Kier alpha value is -0.730. The van der Waals surface area contributed by atoms with Crippen molar-refractivity contribution >= 4 is 17.3 Å². The van der Waals surface area contributed by atoms with Crippen LogP contribution in [0.2, 0.25) is 5.02 Å². The summed E-state index contributed by atoms with van der Waals surface area (Å²) in [4.78, 5) is 2.31. The molecule has 0 bridgehead atoms. The highest BCUT2D eigenvalue weighted by Crippen LogP contribution is 2.13. The van der Waals surface area contributed by atoms with Crippen molar-refractivity contribution in [2.45, 2.75) is 13.8 Å². The molecule has 3 heteroatoms. The number of nitrogens with zero attached hydrogens (tertiary/aromatic N) is 1. The molecule has 0 aromatic heterocycles. The van der Waals surface area contributed by atoms with E-state index in [4.69, 9.17) is 11.6 Å². The molecule has 0 saturated carbocycles. The average molecular weight is 213 g/mol. The van der Waals surface area contributed by atoms with E-state index in [-0.39, 0.29) is 0 Å². The van der Waals surface area contributed by atoms with E-state index >= 15 is 0 Å². The fourth-order valence-corrected chi connectivity index (χ4v) is 1.34. The van der Waals surface area contributed by atoms with Gasteiger partial charge in [0, 0.05) is 10.7 Å². The fourth-order valence-electron chi connectivity index (χ4n) is 1.22. The molecule has 1 aromatic carbocycles. The van der Waals surface area contributed by atoms with Crippen LogP contribution in [0, 0.1) is 0 Å². The second-order valence-electron chi connectivity index (χ2n) is 3.15. The van der Waals surface area contributed by atoms with Crippen LogP contribution in [0.4, 0.5) is 5.69 Å². The smallest absolute Gasteiger partial charge is 0.0678 e. The summed E-state index contributed by atoms with van der Waals surface area (Å²) < 4.78 is 0. The van der Waals surface area contributed by atoms with Crippen LogP contribution in [0.25, 0.3) is 0 Å². The number of benzene rings is 1. The molecule has 0 atom stereocenters. The lowest BCUT2D eigenvalue weighted by Crippen LogP contribution is -2.28. The zero-order valence-corrected chi connectivity index (χ0v) is 9.51. The molecule has 1 rings (SSSR count). The molecule has 0 fully saturated rings. The summed E-state index contributed by atoms with van der Waals surface area (Å²) in [5, 5.41) is 4.12. The van der Waals surface area contributed by atoms with Crippen molar-refractivity contribution in [3.63, 3.8) is 0 Å². The van der Waals surface area contributed by atoms with Crippen molar-refractivity contribution in [3.8, 4) is 0 Å². The summed E-state index contributed by atoms with van der Waals surface area (Å²) in [7, 11) is 0. The zero-order valence-electron chi connectivity index (χ0n) is 8.76. The first-order chi connectivity index (χ1) is 6.76. The Morgan fingerprint density at radius 1 is 1.14 bits per heavy atom. The van der Waals surface area contributed by atoms with E-state index in [1.165, 1.54) is 0 Å². The molecule has 0 aliphatic rings. The number of anilines is 1. The predicted molar refractivity (Wildman–Crippen MR) is 62.9 cm³/mol. The third-order valence-corrected chi connectivity index (χ3v) is 2.50. The number of hydrogen-bond acceptors (Lipinski definition) is 2. The minimum Gasteiger partial charge on any atom is -0.372 e. The van der Waals surface area contributed by atoms with Gasteiger partial charge in [-0.2, -0.15) is 0 Å². The van der Waals surface area contributed by atoms with Crippen LogP contribution in [0.15, 0.2) is 24.3 Å². The van der Waals surface area contributed by atoms with Crippen LogP contribution in [-0.2, 0) is 0 Å². The van der Waals surface area contributed by atoms with Crippen LogP contribution < -0.4 is 5.32 Å². The van der Waals surface area contributed by atoms with E-state index < -0.39 is 0 Å². The first kappa shape index (κ1) is 11.3. The molecular weight excluding hydrogens is 196 g/mol. The van der Waals surface area contributed by atoms with Crippen molar-refractivity contribution < 1.29 is 0 Å². The molecule has 0 saturated heterocycles. The van der Waals surface area contributed by atoms with Gasteiger partial charge in [0.1, 0.15) is 0 Å². The summed E-state index contributed by atoms with van der Waals surface area (Å²) in [5.74, 6) is 0. The van der Waals surface area contributed by atoms with Crippen LogP contribution in [0.1, 0.15) is 13.8 Å². The summed E-state index contributed by atoms with van der Waals surface area (Å²) in [6.45, 7) is 7.34. The van der Waals surface area contributed by atoms with Crippen molar-refractivity contribution in [1.29, 1.82) is 0 Å². The normalized spacial score (nSPS) is 10.6. The molecule has 14 heavy (non-hydrogen) atoms. The molecule has 0 aliphatic heterocycles. The monoisotopic (exact) mass is 212 g/mol. The van der Waals surface area contributed by atoms with Gasteiger partial charge in [-0.25, -0.2) is 0 Å². The van der Waals surface area contributed by atoms with Gasteiger partial charge in [0.05, 0.1) is 6.67 Å². The Labute approximate surface area is 90.9 Å². The molecule has 0 radical (unpaired) electrons. The SMILES string of the molecule is CCN(CC)CNc1ccc(Cl)cc1. The minimum atomic E-state index is 0.776. The number of nitrogens with one attached hydrogen (secondary N) is 1. The second kappa shape index (κ2) is 5.89. The molecule has 1 N–H and O–H groups in total. The molecule has 2 nitrogen and oxygen atoms in total. The minimum absolute atomic E-state index is 0.776. The summed E-state index contributed by atoms with van der Waals surface area (Å²) in [6, 6.07) is 7.77. The lowest BCUT2D eigenvalue weighted by Gasteiger charge is -2.19. The van der Waals surface area contributed by atoms with Gasteiger partial charge >= 0.3 is 0 Å². The Kier molecular flexibility index (Phi) is 4.77. The molecule has 0 heterocycles. The van der Waals surface area contributed by atoms with E-state index in [1.807, 2.05) is 24.3 Å². The van der Waals surface area contributed by atoms with E-state index in [0.29, 0.717) is 0 Å². The van der Waals surface area contributed by atoms with Crippen LogP contribution in [-0.4, -0.2) is 24.7 Å². The molecule has 0 aliphatic carbocycles. The van der Waals surface area contributed by atoms with Crippen LogP contribution in [0.5, 0.6) is 0 Å².